The number of nitrogens with zero attached hydrogens (tertiary/aromatic N) is 1. The standard InChI is InChI=1S/C9H8F3N/c1-6(2)7-4-3-5-8(13-7)9(10,11)12/h3-5H,1H2,2H3. The van der Waals surface area contributed by atoms with Gasteiger partial charge in [0.15, 0.2) is 0 Å². The van der Waals surface area contributed by atoms with E-state index in [2.05, 4.69) is 11.6 Å². The Morgan fingerprint density at radius 2 is 2.00 bits per heavy atom. The maximum Gasteiger partial charge on any atom is 0.433 e. The number of allylic oxidation sites excluding steroid dienone is 1. The lowest BCUT2D eigenvalue weighted by atomic mass is 10.2. The minimum Gasteiger partial charge on any atom is -0.244 e. The number of hydrogen-bond donors (Lipinski definition) is 0. The molecule has 0 bridgehead atoms. The van der Waals surface area contributed by atoms with Gasteiger partial charge in [0.05, 0.1) is 5.69 Å². The molecule has 1 rings (SSSR count). The van der Waals surface area contributed by atoms with Gasteiger partial charge in [-0.25, -0.2) is 4.98 Å². The number of alkyl halides is 3. The molecular formula is C9H8F3N. The van der Waals surface area contributed by atoms with Crippen molar-refractivity contribution in [2.45, 2.75) is 13.1 Å². The Labute approximate surface area is 73.9 Å². The Bertz CT molecular complexity index is 328. The van der Waals surface area contributed by atoms with Crippen molar-refractivity contribution in [3.05, 3.63) is 36.2 Å². The highest BCUT2D eigenvalue weighted by atomic mass is 19.4. The fourth-order valence-corrected chi connectivity index (χ4v) is 0.830. The topological polar surface area (TPSA) is 12.9 Å². The van der Waals surface area contributed by atoms with Gasteiger partial charge in [-0.3, -0.25) is 0 Å². The largest absolute Gasteiger partial charge is 0.433 e. The molecule has 0 N–H and O–H groups in total. The molecule has 70 valence electrons. The van der Waals surface area contributed by atoms with Crippen LogP contribution in [0, 0.1) is 0 Å². The van der Waals surface area contributed by atoms with E-state index < -0.39 is 11.9 Å². The first-order chi connectivity index (χ1) is 5.91. The summed E-state index contributed by atoms with van der Waals surface area (Å²) in [5.41, 5.74) is -0.0890. The average molecular weight is 187 g/mol. The van der Waals surface area contributed by atoms with E-state index in [1.54, 1.807) is 6.92 Å². The van der Waals surface area contributed by atoms with Crippen LogP contribution in [0.1, 0.15) is 18.3 Å². The first-order valence-corrected chi connectivity index (χ1v) is 3.61. The molecule has 1 nitrogen and oxygen atoms in total. The summed E-state index contributed by atoms with van der Waals surface area (Å²) in [5.74, 6) is 0. The molecule has 0 saturated carbocycles. The van der Waals surface area contributed by atoms with Crippen LogP contribution in [-0.4, -0.2) is 4.98 Å². The van der Waals surface area contributed by atoms with Crippen molar-refractivity contribution < 1.29 is 13.2 Å². The van der Waals surface area contributed by atoms with E-state index in [4.69, 9.17) is 0 Å². The quantitative estimate of drug-likeness (QED) is 0.658. The van der Waals surface area contributed by atoms with E-state index in [1.807, 2.05) is 0 Å². The summed E-state index contributed by atoms with van der Waals surface area (Å²) in [6.45, 7) is 5.13. The summed E-state index contributed by atoms with van der Waals surface area (Å²) in [7, 11) is 0. The Kier molecular flexibility index (Phi) is 2.40. The lowest BCUT2D eigenvalue weighted by Crippen LogP contribution is -2.08. The zero-order valence-corrected chi connectivity index (χ0v) is 7.02. The summed E-state index contributed by atoms with van der Waals surface area (Å²) < 4.78 is 36.4. The summed E-state index contributed by atoms with van der Waals surface area (Å²) in [6.07, 6.45) is -4.38. The van der Waals surface area contributed by atoms with Gasteiger partial charge in [-0.05, 0) is 24.6 Å². The fraction of sp³-hybridized carbons (Fsp3) is 0.222. The Morgan fingerprint density at radius 1 is 1.38 bits per heavy atom. The lowest BCUT2D eigenvalue weighted by molar-refractivity contribution is -0.141. The van der Waals surface area contributed by atoms with Crippen molar-refractivity contribution in [1.82, 2.24) is 4.98 Å². The second kappa shape index (κ2) is 3.20. The molecule has 0 aliphatic rings. The third kappa shape index (κ3) is 2.31. The van der Waals surface area contributed by atoms with E-state index in [-0.39, 0.29) is 5.69 Å². The molecule has 0 aliphatic heterocycles. The smallest absolute Gasteiger partial charge is 0.244 e. The van der Waals surface area contributed by atoms with Gasteiger partial charge >= 0.3 is 6.18 Å². The first-order valence-electron chi connectivity index (χ1n) is 3.61. The Balaban J connectivity index is 3.13. The van der Waals surface area contributed by atoms with Crippen molar-refractivity contribution in [2.75, 3.05) is 0 Å². The first kappa shape index (κ1) is 9.77. The second-order valence-electron chi connectivity index (χ2n) is 2.69. The van der Waals surface area contributed by atoms with Gasteiger partial charge in [-0.15, -0.1) is 0 Å². The van der Waals surface area contributed by atoms with Crippen molar-refractivity contribution in [1.29, 1.82) is 0 Å². The van der Waals surface area contributed by atoms with Crippen LogP contribution in [0.2, 0.25) is 0 Å². The van der Waals surface area contributed by atoms with Gasteiger partial charge in [0, 0.05) is 0 Å². The maximum atomic E-state index is 12.1. The van der Waals surface area contributed by atoms with Gasteiger partial charge in [0.2, 0.25) is 0 Å². The molecule has 0 saturated heterocycles. The fourth-order valence-electron chi connectivity index (χ4n) is 0.830. The summed E-state index contributed by atoms with van der Waals surface area (Å²) in [4.78, 5) is 3.42. The molecule has 0 amide bonds. The van der Waals surface area contributed by atoms with E-state index in [0.29, 0.717) is 5.57 Å². The highest BCUT2D eigenvalue weighted by molar-refractivity contribution is 5.57. The van der Waals surface area contributed by atoms with Crippen LogP contribution in [0.4, 0.5) is 13.2 Å². The SMILES string of the molecule is C=C(C)c1cccc(C(F)(F)F)n1. The van der Waals surface area contributed by atoms with Crippen LogP contribution < -0.4 is 0 Å². The predicted molar refractivity (Wildman–Crippen MR) is 43.9 cm³/mol. The van der Waals surface area contributed by atoms with Crippen molar-refractivity contribution in [2.24, 2.45) is 0 Å². The molecule has 1 aromatic rings. The molecule has 4 heteroatoms. The third-order valence-electron chi connectivity index (χ3n) is 1.48. The van der Waals surface area contributed by atoms with Gasteiger partial charge in [-0.2, -0.15) is 13.2 Å². The summed E-state index contributed by atoms with van der Waals surface area (Å²) in [6, 6.07) is 3.75. The molecular weight excluding hydrogens is 179 g/mol. The minimum absolute atomic E-state index is 0.273. The zero-order valence-electron chi connectivity index (χ0n) is 7.02. The zero-order chi connectivity index (χ0) is 10.1. The van der Waals surface area contributed by atoms with E-state index >= 15 is 0 Å². The van der Waals surface area contributed by atoms with Gasteiger partial charge in [-0.1, -0.05) is 12.6 Å². The molecule has 0 radical (unpaired) electrons. The Hall–Kier alpha value is -1.32. The van der Waals surface area contributed by atoms with Gasteiger partial charge in [0.25, 0.3) is 0 Å². The molecule has 0 unspecified atom stereocenters. The van der Waals surface area contributed by atoms with E-state index in [1.165, 1.54) is 12.1 Å². The molecule has 0 aliphatic carbocycles. The number of pyridine rings is 1. The van der Waals surface area contributed by atoms with E-state index in [0.717, 1.165) is 6.07 Å². The molecule has 0 atom stereocenters. The molecule has 0 fully saturated rings. The van der Waals surface area contributed by atoms with Crippen LogP contribution in [0.3, 0.4) is 0 Å². The molecule has 1 heterocycles. The normalized spacial score (nSPS) is 11.4. The molecule has 13 heavy (non-hydrogen) atoms. The van der Waals surface area contributed by atoms with Crippen LogP contribution in [-0.2, 0) is 6.18 Å². The predicted octanol–water partition coefficient (Wildman–Crippen LogP) is 3.13. The van der Waals surface area contributed by atoms with E-state index in [9.17, 15) is 13.2 Å². The number of aromatic nitrogens is 1. The second-order valence-corrected chi connectivity index (χ2v) is 2.69. The molecule has 1 aromatic heterocycles. The van der Waals surface area contributed by atoms with Crippen LogP contribution in [0.15, 0.2) is 24.8 Å². The highest BCUT2D eigenvalue weighted by Gasteiger charge is 2.32. The number of halogens is 3. The summed E-state index contributed by atoms with van der Waals surface area (Å²) in [5, 5.41) is 0. The molecule has 0 spiro atoms. The van der Waals surface area contributed by atoms with Crippen molar-refractivity contribution >= 4 is 5.57 Å². The maximum absolute atomic E-state index is 12.1. The van der Waals surface area contributed by atoms with Crippen molar-refractivity contribution in [3.8, 4) is 0 Å². The minimum atomic E-state index is -4.38. The van der Waals surface area contributed by atoms with Crippen LogP contribution >= 0.6 is 0 Å². The van der Waals surface area contributed by atoms with Crippen LogP contribution in [0.5, 0.6) is 0 Å². The monoisotopic (exact) mass is 187 g/mol. The number of hydrogen-bond acceptors (Lipinski definition) is 1. The van der Waals surface area contributed by atoms with Gasteiger partial charge in [0.1, 0.15) is 5.69 Å². The third-order valence-corrected chi connectivity index (χ3v) is 1.48. The van der Waals surface area contributed by atoms with Gasteiger partial charge < -0.3 is 0 Å². The highest BCUT2D eigenvalue weighted by Crippen LogP contribution is 2.28. The lowest BCUT2D eigenvalue weighted by Gasteiger charge is -2.06. The average Bonchev–Trinajstić information content (AvgIpc) is 2.03. The summed E-state index contributed by atoms with van der Waals surface area (Å²) >= 11 is 0. The Morgan fingerprint density at radius 3 is 2.46 bits per heavy atom. The molecule has 0 aromatic carbocycles. The number of rotatable bonds is 1. The van der Waals surface area contributed by atoms with Crippen LogP contribution in [0.25, 0.3) is 5.57 Å². The van der Waals surface area contributed by atoms with Crippen molar-refractivity contribution in [3.63, 3.8) is 0 Å².